The Morgan fingerprint density at radius 3 is 2.45 bits per heavy atom. The van der Waals surface area contributed by atoms with Gasteiger partial charge < -0.3 is 4.90 Å². The van der Waals surface area contributed by atoms with E-state index in [0.717, 1.165) is 25.9 Å². The van der Waals surface area contributed by atoms with Gasteiger partial charge in [0.2, 0.25) is 0 Å². The highest BCUT2D eigenvalue weighted by Gasteiger charge is 2.22. The lowest BCUT2D eigenvalue weighted by Gasteiger charge is -2.26. The van der Waals surface area contributed by atoms with Gasteiger partial charge in [-0.25, -0.2) is 4.68 Å². The first kappa shape index (κ1) is 12.8. The Bertz CT molecular complexity index is 715. The molecule has 0 aliphatic carbocycles. The predicted molar refractivity (Wildman–Crippen MR) is 76.7 cm³/mol. The first-order chi connectivity index (χ1) is 9.68. The molecule has 0 unspecified atom stereocenters. The van der Waals surface area contributed by atoms with Crippen LogP contribution in [0.4, 0.5) is 0 Å². The van der Waals surface area contributed by atoms with Gasteiger partial charge in [-0.3, -0.25) is 9.59 Å². The average molecular weight is 271 g/mol. The van der Waals surface area contributed by atoms with Crippen LogP contribution in [0.1, 0.15) is 29.8 Å². The lowest BCUT2D eigenvalue weighted by molar-refractivity contribution is 0.0718. The lowest BCUT2D eigenvalue weighted by Crippen LogP contribution is -2.37. The number of aromatic nitrogens is 2. The first-order valence-electron chi connectivity index (χ1n) is 6.94. The monoisotopic (exact) mass is 271 g/mol. The molecule has 1 aromatic heterocycles. The zero-order chi connectivity index (χ0) is 14.1. The van der Waals surface area contributed by atoms with Gasteiger partial charge in [0, 0.05) is 25.5 Å². The Morgan fingerprint density at radius 1 is 1.10 bits per heavy atom. The fourth-order valence-electron chi connectivity index (χ4n) is 2.70. The summed E-state index contributed by atoms with van der Waals surface area (Å²) in [6.45, 7) is 1.55. The van der Waals surface area contributed by atoms with Crippen LogP contribution in [0.25, 0.3) is 10.8 Å². The van der Waals surface area contributed by atoms with Crippen LogP contribution in [0.2, 0.25) is 0 Å². The summed E-state index contributed by atoms with van der Waals surface area (Å²) < 4.78 is 1.25. The van der Waals surface area contributed by atoms with E-state index in [-0.39, 0.29) is 11.5 Å². The number of rotatable bonds is 1. The number of carbonyl (C=O) groups is 1. The summed E-state index contributed by atoms with van der Waals surface area (Å²) in [4.78, 5) is 26.5. The third-order valence-corrected chi connectivity index (χ3v) is 3.80. The molecule has 1 aliphatic heterocycles. The molecule has 0 N–H and O–H groups in total. The maximum atomic E-state index is 12.6. The summed E-state index contributed by atoms with van der Waals surface area (Å²) >= 11 is 0. The van der Waals surface area contributed by atoms with Crippen LogP contribution in [0, 0.1) is 0 Å². The molecule has 5 heteroatoms. The van der Waals surface area contributed by atoms with Crippen molar-refractivity contribution in [2.45, 2.75) is 19.3 Å². The van der Waals surface area contributed by atoms with E-state index in [0.29, 0.717) is 16.5 Å². The Balaban J connectivity index is 2.13. The predicted octanol–water partition coefficient (Wildman–Crippen LogP) is 1.56. The van der Waals surface area contributed by atoms with Crippen LogP contribution in [-0.2, 0) is 7.05 Å². The summed E-state index contributed by atoms with van der Waals surface area (Å²) in [6.07, 6.45) is 3.25. The molecule has 2 heterocycles. The van der Waals surface area contributed by atoms with E-state index in [2.05, 4.69) is 5.10 Å². The van der Waals surface area contributed by atoms with Gasteiger partial charge in [0.25, 0.3) is 11.5 Å². The fourth-order valence-corrected chi connectivity index (χ4v) is 2.70. The van der Waals surface area contributed by atoms with E-state index in [1.807, 2.05) is 11.0 Å². The summed E-state index contributed by atoms with van der Waals surface area (Å²) in [7, 11) is 1.59. The number of hydrogen-bond donors (Lipinski definition) is 0. The summed E-state index contributed by atoms with van der Waals surface area (Å²) in [5.74, 6) is -0.0727. The van der Waals surface area contributed by atoms with Crippen LogP contribution in [0.15, 0.2) is 29.1 Å². The van der Waals surface area contributed by atoms with Gasteiger partial charge in [-0.1, -0.05) is 18.2 Å². The number of amides is 1. The van der Waals surface area contributed by atoms with E-state index in [1.165, 1.54) is 11.1 Å². The molecule has 0 saturated carbocycles. The average Bonchev–Trinajstić information content (AvgIpc) is 2.51. The van der Waals surface area contributed by atoms with E-state index >= 15 is 0 Å². The highest BCUT2D eigenvalue weighted by Crippen LogP contribution is 2.17. The van der Waals surface area contributed by atoms with E-state index < -0.39 is 0 Å². The van der Waals surface area contributed by atoms with Gasteiger partial charge in [0.1, 0.15) is 0 Å². The third kappa shape index (κ3) is 2.09. The van der Waals surface area contributed by atoms with Gasteiger partial charge in [0.15, 0.2) is 5.69 Å². The number of benzene rings is 1. The van der Waals surface area contributed by atoms with Gasteiger partial charge in [0.05, 0.1) is 5.39 Å². The first-order valence-corrected chi connectivity index (χ1v) is 6.94. The molecule has 2 aromatic rings. The smallest absolute Gasteiger partial charge is 0.274 e. The molecule has 0 atom stereocenters. The highest BCUT2D eigenvalue weighted by atomic mass is 16.2. The zero-order valence-electron chi connectivity index (χ0n) is 11.5. The molecule has 104 valence electrons. The molecule has 20 heavy (non-hydrogen) atoms. The van der Waals surface area contributed by atoms with Crippen molar-refractivity contribution in [2.75, 3.05) is 13.1 Å². The normalized spacial score (nSPS) is 15.6. The zero-order valence-corrected chi connectivity index (χ0v) is 11.5. The number of aryl methyl sites for hydroxylation is 1. The van der Waals surface area contributed by atoms with Crippen molar-refractivity contribution in [1.82, 2.24) is 14.7 Å². The van der Waals surface area contributed by atoms with Crippen molar-refractivity contribution in [2.24, 2.45) is 7.05 Å². The molecule has 1 amide bonds. The molecular formula is C15H17N3O2. The van der Waals surface area contributed by atoms with Gasteiger partial charge in [-0.2, -0.15) is 5.10 Å². The molecule has 0 spiro atoms. The number of likely N-dealkylation sites (tertiary alicyclic amines) is 1. The fraction of sp³-hybridized carbons (Fsp3) is 0.400. The number of hydrogen-bond acceptors (Lipinski definition) is 3. The number of carbonyl (C=O) groups excluding carboxylic acids is 1. The maximum Gasteiger partial charge on any atom is 0.274 e. The topological polar surface area (TPSA) is 55.2 Å². The number of fused-ring (bicyclic) bond motifs is 1. The second-order valence-corrected chi connectivity index (χ2v) is 5.18. The molecule has 1 fully saturated rings. The second kappa shape index (κ2) is 5.07. The maximum absolute atomic E-state index is 12.6. The van der Waals surface area contributed by atoms with Gasteiger partial charge in [-0.15, -0.1) is 0 Å². The van der Waals surface area contributed by atoms with Crippen molar-refractivity contribution < 1.29 is 4.79 Å². The minimum atomic E-state index is -0.171. The Hall–Kier alpha value is -2.17. The quantitative estimate of drug-likeness (QED) is 0.791. The van der Waals surface area contributed by atoms with Crippen molar-refractivity contribution >= 4 is 16.7 Å². The largest absolute Gasteiger partial charge is 0.337 e. The summed E-state index contributed by atoms with van der Waals surface area (Å²) in [6, 6.07) is 7.17. The van der Waals surface area contributed by atoms with Crippen LogP contribution >= 0.6 is 0 Å². The lowest BCUT2D eigenvalue weighted by atomic mass is 10.1. The Labute approximate surface area is 116 Å². The van der Waals surface area contributed by atoms with Crippen LogP contribution in [0.5, 0.6) is 0 Å². The molecule has 0 radical (unpaired) electrons. The number of nitrogens with zero attached hydrogens (tertiary/aromatic N) is 3. The van der Waals surface area contributed by atoms with Crippen LogP contribution in [0.3, 0.4) is 0 Å². The molecule has 0 bridgehead atoms. The van der Waals surface area contributed by atoms with Crippen molar-refractivity contribution in [1.29, 1.82) is 0 Å². The van der Waals surface area contributed by atoms with Crippen LogP contribution in [-0.4, -0.2) is 33.7 Å². The van der Waals surface area contributed by atoms with Crippen molar-refractivity contribution in [3.8, 4) is 0 Å². The minimum Gasteiger partial charge on any atom is -0.337 e. The Kier molecular flexibility index (Phi) is 3.26. The number of piperidine rings is 1. The van der Waals surface area contributed by atoms with Crippen molar-refractivity contribution in [3.05, 3.63) is 40.3 Å². The van der Waals surface area contributed by atoms with Gasteiger partial charge in [-0.05, 0) is 25.3 Å². The highest BCUT2D eigenvalue weighted by molar-refractivity contribution is 6.04. The van der Waals surface area contributed by atoms with E-state index in [1.54, 1.807) is 25.2 Å². The van der Waals surface area contributed by atoms with Gasteiger partial charge >= 0.3 is 0 Å². The SMILES string of the molecule is Cn1nc(C(=O)N2CCCCC2)c2ccccc2c1=O. The molecular weight excluding hydrogens is 254 g/mol. The molecule has 5 nitrogen and oxygen atoms in total. The summed E-state index contributed by atoms with van der Waals surface area (Å²) in [5, 5.41) is 5.38. The van der Waals surface area contributed by atoms with E-state index in [4.69, 9.17) is 0 Å². The molecule has 1 aromatic carbocycles. The standard InChI is InChI=1S/C15H17N3O2/c1-17-14(19)12-8-4-3-7-11(12)13(16-17)15(20)18-9-5-2-6-10-18/h3-4,7-8H,2,5-6,9-10H2,1H3. The van der Waals surface area contributed by atoms with Crippen LogP contribution < -0.4 is 5.56 Å². The third-order valence-electron chi connectivity index (χ3n) is 3.80. The second-order valence-electron chi connectivity index (χ2n) is 5.18. The molecule has 1 saturated heterocycles. The van der Waals surface area contributed by atoms with E-state index in [9.17, 15) is 9.59 Å². The molecule has 1 aliphatic rings. The summed E-state index contributed by atoms with van der Waals surface area (Å²) in [5.41, 5.74) is 0.209. The molecule has 3 rings (SSSR count). The Morgan fingerprint density at radius 2 is 1.75 bits per heavy atom. The minimum absolute atomic E-state index is 0.0727. The van der Waals surface area contributed by atoms with Crippen molar-refractivity contribution in [3.63, 3.8) is 0 Å².